The summed E-state index contributed by atoms with van der Waals surface area (Å²) in [7, 11) is 0. The van der Waals surface area contributed by atoms with E-state index in [4.69, 9.17) is 9.47 Å². The molecule has 0 spiro atoms. The topological polar surface area (TPSA) is 64.5 Å². The largest absolute Gasteiger partial charge is 0.437 e. The van der Waals surface area contributed by atoms with E-state index in [-0.39, 0.29) is 23.6 Å². The number of nitrogens with zero attached hydrogens (tertiary/aromatic N) is 3. The molecule has 1 aromatic heterocycles. The number of halogens is 1. The van der Waals surface area contributed by atoms with Gasteiger partial charge >= 0.3 is 0 Å². The van der Waals surface area contributed by atoms with Crippen LogP contribution in [0.1, 0.15) is 37.3 Å². The number of amides is 1. The van der Waals surface area contributed by atoms with Crippen molar-refractivity contribution in [1.82, 2.24) is 14.9 Å². The van der Waals surface area contributed by atoms with Crippen LogP contribution < -0.4 is 4.74 Å². The number of aromatic nitrogens is 2. The Hall–Kier alpha value is -2.54. The van der Waals surface area contributed by atoms with Crippen molar-refractivity contribution >= 4 is 5.91 Å². The zero-order valence-corrected chi connectivity index (χ0v) is 15.7. The number of benzene rings is 1. The predicted molar refractivity (Wildman–Crippen MR) is 101 cm³/mol. The molecule has 1 amide bonds. The number of carbonyl (C=O) groups is 1. The normalized spacial score (nSPS) is 20.8. The van der Waals surface area contributed by atoms with Crippen molar-refractivity contribution in [3.63, 3.8) is 0 Å². The third-order valence-corrected chi connectivity index (χ3v) is 5.39. The highest BCUT2D eigenvalue weighted by Crippen LogP contribution is 2.33. The van der Waals surface area contributed by atoms with Gasteiger partial charge in [-0.2, -0.15) is 0 Å². The molecule has 148 valence electrons. The van der Waals surface area contributed by atoms with E-state index in [2.05, 4.69) is 9.97 Å². The van der Waals surface area contributed by atoms with E-state index in [0.717, 1.165) is 37.9 Å². The van der Waals surface area contributed by atoms with Crippen LogP contribution in [0.5, 0.6) is 11.6 Å². The molecule has 6 nitrogen and oxygen atoms in total. The van der Waals surface area contributed by atoms with E-state index in [1.807, 2.05) is 4.90 Å². The molecule has 1 atom stereocenters. The number of carbonyl (C=O) groups excluding carboxylic acids is 1. The summed E-state index contributed by atoms with van der Waals surface area (Å²) in [5.41, 5.74) is 0.719. The van der Waals surface area contributed by atoms with Gasteiger partial charge in [0.1, 0.15) is 17.3 Å². The Kier molecular flexibility index (Phi) is 5.81. The SMILES string of the molecule is O=C(C1CCOCC1)N1CCC[C@@H](c2nccnc2Oc2cccc(F)c2)C1. The molecular formula is C21H24FN3O3. The first-order chi connectivity index (χ1) is 13.7. The van der Waals surface area contributed by atoms with Crippen molar-refractivity contribution in [2.75, 3.05) is 26.3 Å². The van der Waals surface area contributed by atoms with Gasteiger partial charge in [-0.25, -0.2) is 9.37 Å². The van der Waals surface area contributed by atoms with Crippen molar-refractivity contribution in [2.24, 2.45) is 5.92 Å². The first-order valence-electron chi connectivity index (χ1n) is 9.81. The molecule has 0 bridgehead atoms. The Balaban J connectivity index is 1.50. The average molecular weight is 385 g/mol. The van der Waals surface area contributed by atoms with Crippen LogP contribution >= 0.6 is 0 Å². The lowest BCUT2D eigenvalue weighted by Crippen LogP contribution is -2.43. The zero-order chi connectivity index (χ0) is 19.3. The summed E-state index contributed by atoms with van der Waals surface area (Å²) in [6.07, 6.45) is 6.60. The first-order valence-corrected chi connectivity index (χ1v) is 9.81. The number of ether oxygens (including phenoxy) is 2. The fourth-order valence-corrected chi connectivity index (χ4v) is 3.94. The number of piperidine rings is 1. The second-order valence-corrected chi connectivity index (χ2v) is 7.32. The van der Waals surface area contributed by atoms with Gasteiger partial charge in [0.05, 0.1) is 0 Å². The maximum absolute atomic E-state index is 13.5. The van der Waals surface area contributed by atoms with Gasteiger partial charge in [-0.3, -0.25) is 9.78 Å². The Morgan fingerprint density at radius 1 is 1.18 bits per heavy atom. The fourth-order valence-electron chi connectivity index (χ4n) is 3.94. The van der Waals surface area contributed by atoms with Crippen molar-refractivity contribution in [3.05, 3.63) is 48.2 Å². The molecule has 2 aromatic rings. The van der Waals surface area contributed by atoms with E-state index in [9.17, 15) is 9.18 Å². The maximum atomic E-state index is 13.5. The van der Waals surface area contributed by atoms with Gasteiger partial charge in [-0.1, -0.05) is 6.07 Å². The molecular weight excluding hydrogens is 361 g/mol. The summed E-state index contributed by atoms with van der Waals surface area (Å²) < 4.78 is 24.7. The molecule has 2 aliphatic rings. The van der Waals surface area contributed by atoms with E-state index >= 15 is 0 Å². The minimum absolute atomic E-state index is 0.0507. The monoisotopic (exact) mass is 385 g/mol. The summed E-state index contributed by atoms with van der Waals surface area (Å²) in [6, 6.07) is 5.96. The van der Waals surface area contributed by atoms with E-state index in [1.165, 1.54) is 12.1 Å². The number of rotatable bonds is 4. The molecule has 4 rings (SSSR count). The minimum Gasteiger partial charge on any atom is -0.437 e. The smallest absolute Gasteiger partial charge is 0.241 e. The molecule has 0 radical (unpaired) electrons. The fraction of sp³-hybridized carbons (Fsp3) is 0.476. The van der Waals surface area contributed by atoms with Crippen LogP contribution in [0.3, 0.4) is 0 Å². The highest BCUT2D eigenvalue weighted by atomic mass is 19.1. The highest BCUT2D eigenvalue weighted by molar-refractivity contribution is 5.79. The lowest BCUT2D eigenvalue weighted by molar-refractivity contribution is -0.139. The number of hydrogen-bond acceptors (Lipinski definition) is 5. The van der Waals surface area contributed by atoms with Crippen LogP contribution in [0, 0.1) is 11.7 Å². The molecule has 1 aromatic carbocycles. The summed E-state index contributed by atoms with van der Waals surface area (Å²) in [4.78, 5) is 23.7. The Labute approximate surface area is 163 Å². The molecule has 0 aliphatic carbocycles. The average Bonchev–Trinajstić information content (AvgIpc) is 2.74. The molecule has 0 saturated carbocycles. The Morgan fingerprint density at radius 2 is 2.00 bits per heavy atom. The lowest BCUT2D eigenvalue weighted by Gasteiger charge is -2.35. The van der Waals surface area contributed by atoms with Gasteiger partial charge < -0.3 is 14.4 Å². The molecule has 2 fully saturated rings. The minimum atomic E-state index is -0.367. The first kappa shape index (κ1) is 18.8. The highest BCUT2D eigenvalue weighted by Gasteiger charge is 2.32. The third kappa shape index (κ3) is 4.30. The summed E-state index contributed by atoms with van der Waals surface area (Å²) in [6.45, 7) is 2.69. The van der Waals surface area contributed by atoms with Gasteiger partial charge in [-0.15, -0.1) is 0 Å². The molecule has 0 N–H and O–H groups in total. The quantitative estimate of drug-likeness (QED) is 0.805. The zero-order valence-electron chi connectivity index (χ0n) is 15.7. The molecule has 3 heterocycles. The van der Waals surface area contributed by atoms with Gasteiger partial charge in [-0.05, 0) is 37.8 Å². The Bertz CT molecular complexity index is 826. The van der Waals surface area contributed by atoms with Crippen molar-refractivity contribution in [2.45, 2.75) is 31.6 Å². The standard InChI is InChI=1S/C21H24FN3O3/c22-17-4-1-5-18(13-17)28-20-19(23-8-9-24-20)16-3-2-10-25(14-16)21(26)15-6-11-27-12-7-15/h1,4-5,8-9,13,15-16H,2-3,6-7,10-12,14H2/t16-/m1/s1. The third-order valence-electron chi connectivity index (χ3n) is 5.39. The van der Waals surface area contributed by atoms with E-state index in [0.29, 0.717) is 31.4 Å². The molecule has 2 aliphatic heterocycles. The summed E-state index contributed by atoms with van der Waals surface area (Å²) >= 11 is 0. The predicted octanol–water partition coefficient (Wildman–Crippen LogP) is 3.54. The van der Waals surface area contributed by atoms with Crippen LogP contribution in [0.25, 0.3) is 0 Å². The van der Waals surface area contributed by atoms with Crippen molar-refractivity contribution in [1.29, 1.82) is 0 Å². The van der Waals surface area contributed by atoms with E-state index < -0.39 is 0 Å². The number of likely N-dealkylation sites (tertiary alicyclic amines) is 1. The van der Waals surface area contributed by atoms with Gasteiger partial charge in [0, 0.05) is 56.6 Å². The van der Waals surface area contributed by atoms with Crippen LogP contribution in [0.4, 0.5) is 4.39 Å². The maximum Gasteiger partial charge on any atom is 0.241 e. The van der Waals surface area contributed by atoms with Gasteiger partial charge in [0.25, 0.3) is 0 Å². The lowest BCUT2D eigenvalue weighted by atomic mass is 9.92. The number of hydrogen-bond donors (Lipinski definition) is 0. The van der Waals surface area contributed by atoms with Crippen LogP contribution in [-0.4, -0.2) is 47.1 Å². The van der Waals surface area contributed by atoms with Crippen LogP contribution in [0.15, 0.2) is 36.7 Å². The van der Waals surface area contributed by atoms with Crippen molar-refractivity contribution in [3.8, 4) is 11.6 Å². The molecule has 2 saturated heterocycles. The summed E-state index contributed by atoms with van der Waals surface area (Å²) in [5.74, 6) is 0.705. The molecule has 0 unspecified atom stereocenters. The Morgan fingerprint density at radius 3 is 2.82 bits per heavy atom. The summed E-state index contributed by atoms with van der Waals surface area (Å²) in [5, 5.41) is 0. The van der Waals surface area contributed by atoms with Crippen LogP contribution in [0.2, 0.25) is 0 Å². The van der Waals surface area contributed by atoms with Crippen LogP contribution in [-0.2, 0) is 9.53 Å². The van der Waals surface area contributed by atoms with E-state index in [1.54, 1.807) is 24.5 Å². The van der Waals surface area contributed by atoms with Gasteiger partial charge in [0.15, 0.2) is 0 Å². The van der Waals surface area contributed by atoms with Gasteiger partial charge in [0.2, 0.25) is 11.8 Å². The van der Waals surface area contributed by atoms with Crippen molar-refractivity contribution < 1.29 is 18.7 Å². The molecule has 7 heteroatoms. The second-order valence-electron chi connectivity index (χ2n) is 7.32. The second kappa shape index (κ2) is 8.65. The molecule has 28 heavy (non-hydrogen) atoms.